The number of hydrogen-bond donors (Lipinski definition) is 1. The lowest BCUT2D eigenvalue weighted by atomic mass is 10.0. The van der Waals surface area contributed by atoms with E-state index in [1.165, 1.54) is 6.20 Å². The number of nitriles is 1. The van der Waals surface area contributed by atoms with Gasteiger partial charge in [0.2, 0.25) is 0 Å². The molecule has 0 aromatic carbocycles. The van der Waals surface area contributed by atoms with E-state index in [0.717, 1.165) is 5.56 Å². The number of nitrogens with one attached hydrogen (secondary N) is 1. The number of rotatable bonds is 3. The Kier molecular flexibility index (Phi) is 5.58. The summed E-state index contributed by atoms with van der Waals surface area (Å²) < 4.78 is 33.4. The van der Waals surface area contributed by atoms with E-state index in [2.05, 4.69) is 10.3 Å². The van der Waals surface area contributed by atoms with Crippen LogP contribution in [-0.4, -0.2) is 46.6 Å². The molecule has 0 aliphatic carbocycles. The fourth-order valence-electron chi connectivity index (χ4n) is 2.60. The van der Waals surface area contributed by atoms with Crippen molar-refractivity contribution in [3.05, 3.63) is 29.6 Å². The van der Waals surface area contributed by atoms with Crippen LogP contribution in [0.2, 0.25) is 0 Å². The van der Waals surface area contributed by atoms with Gasteiger partial charge in [-0.15, -0.1) is 0 Å². The first-order chi connectivity index (χ1) is 11.6. The number of pyridine rings is 1. The van der Waals surface area contributed by atoms with Crippen molar-refractivity contribution < 1.29 is 18.3 Å². The maximum atomic E-state index is 14.1. The Morgan fingerprint density at radius 1 is 1.56 bits per heavy atom. The van der Waals surface area contributed by atoms with E-state index in [-0.39, 0.29) is 25.2 Å². The van der Waals surface area contributed by atoms with Gasteiger partial charge in [-0.25, -0.2) is 18.6 Å². The Morgan fingerprint density at radius 2 is 2.28 bits per heavy atom. The summed E-state index contributed by atoms with van der Waals surface area (Å²) >= 11 is 0. The van der Waals surface area contributed by atoms with Crippen LogP contribution in [0.4, 0.5) is 13.6 Å². The molecule has 0 bridgehead atoms. The molecule has 0 saturated carbocycles. The lowest BCUT2D eigenvalue weighted by Gasteiger charge is -2.38. The summed E-state index contributed by atoms with van der Waals surface area (Å²) in [6.07, 6.45) is 0.307. The maximum absolute atomic E-state index is 14.1. The fraction of sp³-hybridized carbons (Fsp3) is 0.588. The Bertz CT molecular complexity index is 667. The average molecular weight is 352 g/mol. The van der Waals surface area contributed by atoms with Crippen LogP contribution in [0, 0.1) is 11.3 Å². The predicted molar refractivity (Wildman–Crippen MR) is 87.0 cm³/mol. The molecule has 136 valence electrons. The molecule has 1 aliphatic rings. The molecule has 0 radical (unpaired) electrons. The standard InChI is InChI=1S/C17H22F2N4O2/c1-16(2,3)25-15(24)22-14-11-23(7-5-17(14,18)19)10-12-4-6-21-13(8-12)9-20/h4,6,8,14H,5,7,10-11H2,1-3H3,(H,22,24)/t14-/m0/s1. The van der Waals surface area contributed by atoms with Crippen LogP contribution in [0.3, 0.4) is 0 Å². The highest BCUT2D eigenvalue weighted by Gasteiger charge is 2.45. The molecule has 1 saturated heterocycles. The monoisotopic (exact) mass is 352 g/mol. The van der Waals surface area contributed by atoms with Gasteiger partial charge in [0.05, 0.1) is 0 Å². The van der Waals surface area contributed by atoms with Crippen molar-refractivity contribution in [2.24, 2.45) is 0 Å². The van der Waals surface area contributed by atoms with Gasteiger partial charge in [0, 0.05) is 32.3 Å². The van der Waals surface area contributed by atoms with Gasteiger partial charge < -0.3 is 10.1 Å². The molecule has 2 rings (SSSR count). The highest BCUT2D eigenvalue weighted by Crippen LogP contribution is 2.29. The second kappa shape index (κ2) is 7.31. The molecule has 1 aromatic heterocycles. The van der Waals surface area contributed by atoms with E-state index >= 15 is 0 Å². The van der Waals surface area contributed by atoms with Gasteiger partial charge in [-0.2, -0.15) is 5.26 Å². The third kappa shape index (κ3) is 5.64. The second-order valence-corrected chi connectivity index (χ2v) is 7.11. The van der Waals surface area contributed by atoms with E-state index in [1.54, 1.807) is 32.9 Å². The molecule has 1 aliphatic heterocycles. The third-order valence-corrected chi connectivity index (χ3v) is 3.75. The number of carbonyl (C=O) groups is 1. The molecule has 0 unspecified atom stereocenters. The summed E-state index contributed by atoms with van der Waals surface area (Å²) in [6.45, 7) is 5.62. The number of alkyl carbamates (subject to hydrolysis) is 1. The summed E-state index contributed by atoms with van der Waals surface area (Å²) in [5, 5.41) is 11.2. The normalized spacial score (nSPS) is 20.6. The van der Waals surface area contributed by atoms with E-state index in [0.29, 0.717) is 6.54 Å². The van der Waals surface area contributed by atoms with Crippen LogP contribution >= 0.6 is 0 Å². The predicted octanol–water partition coefficient (Wildman–Crippen LogP) is 2.69. The van der Waals surface area contributed by atoms with E-state index in [4.69, 9.17) is 10.00 Å². The Morgan fingerprint density at radius 3 is 2.92 bits per heavy atom. The lowest BCUT2D eigenvalue weighted by Crippen LogP contribution is -2.58. The number of amides is 1. The topological polar surface area (TPSA) is 78.2 Å². The molecule has 0 spiro atoms. The molecular weight excluding hydrogens is 330 g/mol. The summed E-state index contributed by atoms with van der Waals surface area (Å²) in [6, 6.07) is 3.99. The van der Waals surface area contributed by atoms with Crippen molar-refractivity contribution in [2.45, 2.75) is 51.3 Å². The van der Waals surface area contributed by atoms with Crippen LogP contribution in [0.5, 0.6) is 0 Å². The van der Waals surface area contributed by atoms with Crippen molar-refractivity contribution in [3.63, 3.8) is 0 Å². The number of ether oxygens (including phenoxy) is 1. The average Bonchev–Trinajstić information content (AvgIpc) is 2.49. The van der Waals surface area contributed by atoms with Crippen molar-refractivity contribution >= 4 is 6.09 Å². The van der Waals surface area contributed by atoms with Gasteiger partial charge in [0.1, 0.15) is 23.4 Å². The molecule has 6 nitrogen and oxygen atoms in total. The first kappa shape index (κ1) is 19.1. The lowest BCUT2D eigenvalue weighted by molar-refractivity contribution is -0.0859. The molecule has 1 amide bonds. The second-order valence-electron chi connectivity index (χ2n) is 7.11. The number of alkyl halides is 2. The minimum Gasteiger partial charge on any atom is -0.444 e. The minimum absolute atomic E-state index is 0.00352. The van der Waals surface area contributed by atoms with Gasteiger partial charge in [-0.3, -0.25) is 4.90 Å². The Balaban J connectivity index is 2.02. The zero-order valence-electron chi connectivity index (χ0n) is 14.6. The first-order valence-corrected chi connectivity index (χ1v) is 8.04. The minimum atomic E-state index is -3.00. The summed E-state index contributed by atoms with van der Waals surface area (Å²) in [5.74, 6) is -3.00. The van der Waals surface area contributed by atoms with E-state index < -0.39 is 23.7 Å². The molecule has 2 heterocycles. The SMILES string of the molecule is CC(C)(C)OC(=O)N[C@H]1CN(Cc2ccnc(C#N)c2)CCC1(F)F. The molecule has 1 atom stereocenters. The van der Waals surface area contributed by atoms with Crippen LogP contribution in [0.1, 0.15) is 38.4 Å². The number of aromatic nitrogens is 1. The van der Waals surface area contributed by atoms with Crippen LogP contribution in [0.25, 0.3) is 0 Å². The summed E-state index contributed by atoms with van der Waals surface area (Å²) in [4.78, 5) is 17.5. The van der Waals surface area contributed by atoms with Crippen molar-refractivity contribution in [3.8, 4) is 6.07 Å². The third-order valence-electron chi connectivity index (χ3n) is 3.75. The van der Waals surface area contributed by atoms with E-state index in [9.17, 15) is 13.6 Å². The smallest absolute Gasteiger partial charge is 0.408 e. The number of likely N-dealkylation sites (tertiary alicyclic amines) is 1. The van der Waals surface area contributed by atoms with Crippen molar-refractivity contribution in [1.82, 2.24) is 15.2 Å². The number of hydrogen-bond acceptors (Lipinski definition) is 5. The molecular formula is C17H22F2N4O2. The van der Waals surface area contributed by atoms with Gasteiger partial charge in [0.25, 0.3) is 5.92 Å². The number of piperidine rings is 1. The van der Waals surface area contributed by atoms with Gasteiger partial charge >= 0.3 is 6.09 Å². The highest BCUT2D eigenvalue weighted by molar-refractivity contribution is 5.68. The summed E-state index contributed by atoms with van der Waals surface area (Å²) in [5.41, 5.74) is 0.342. The fourth-order valence-corrected chi connectivity index (χ4v) is 2.60. The maximum Gasteiger partial charge on any atom is 0.408 e. The molecule has 25 heavy (non-hydrogen) atoms. The van der Waals surface area contributed by atoms with Crippen molar-refractivity contribution in [2.75, 3.05) is 13.1 Å². The zero-order valence-corrected chi connectivity index (χ0v) is 14.6. The quantitative estimate of drug-likeness (QED) is 0.905. The number of halogens is 2. The van der Waals surface area contributed by atoms with Gasteiger partial charge in [-0.05, 0) is 38.5 Å². The van der Waals surface area contributed by atoms with E-state index in [1.807, 2.05) is 11.0 Å². The number of nitrogens with zero attached hydrogens (tertiary/aromatic N) is 3. The zero-order chi connectivity index (χ0) is 18.7. The largest absolute Gasteiger partial charge is 0.444 e. The first-order valence-electron chi connectivity index (χ1n) is 8.04. The Hall–Kier alpha value is -2.27. The van der Waals surface area contributed by atoms with Gasteiger partial charge in [0.15, 0.2) is 0 Å². The van der Waals surface area contributed by atoms with Crippen molar-refractivity contribution in [1.29, 1.82) is 5.26 Å². The molecule has 1 fully saturated rings. The number of carbonyl (C=O) groups excluding carboxylic acids is 1. The molecule has 1 aromatic rings. The van der Waals surface area contributed by atoms with Crippen LogP contribution < -0.4 is 5.32 Å². The van der Waals surface area contributed by atoms with Crippen LogP contribution in [-0.2, 0) is 11.3 Å². The molecule has 8 heteroatoms. The molecule has 1 N–H and O–H groups in total. The Labute approximate surface area is 145 Å². The van der Waals surface area contributed by atoms with Gasteiger partial charge in [-0.1, -0.05) is 0 Å². The van der Waals surface area contributed by atoms with Crippen LogP contribution in [0.15, 0.2) is 18.3 Å². The highest BCUT2D eigenvalue weighted by atomic mass is 19.3. The summed E-state index contributed by atoms with van der Waals surface area (Å²) in [7, 11) is 0.